The number of carbonyl (C=O) groups excluding carboxylic acids is 1. The first kappa shape index (κ1) is 17.2. The third-order valence-corrected chi connectivity index (χ3v) is 5.06. The van der Waals surface area contributed by atoms with Gasteiger partial charge in [-0.25, -0.2) is 4.39 Å². The van der Waals surface area contributed by atoms with E-state index in [2.05, 4.69) is 5.32 Å². The molecule has 0 fully saturated rings. The van der Waals surface area contributed by atoms with Gasteiger partial charge in [-0.2, -0.15) is 0 Å². The number of anilines is 1. The van der Waals surface area contributed by atoms with Crippen molar-refractivity contribution >= 4 is 23.4 Å². The fraction of sp³-hybridized carbons (Fsp3) is 0.0952. The minimum atomic E-state index is -0.425. The largest absolute Gasteiger partial charge is 0.324 e. The van der Waals surface area contributed by atoms with Crippen molar-refractivity contribution < 1.29 is 9.18 Å². The molecule has 0 aliphatic carbocycles. The van der Waals surface area contributed by atoms with Gasteiger partial charge in [0, 0.05) is 10.6 Å². The molecular formula is C21H18FNOS. The number of halogens is 1. The molecule has 1 unspecified atom stereocenters. The van der Waals surface area contributed by atoms with Crippen LogP contribution in [0.15, 0.2) is 83.8 Å². The van der Waals surface area contributed by atoms with E-state index in [9.17, 15) is 9.18 Å². The van der Waals surface area contributed by atoms with Crippen LogP contribution in [-0.2, 0) is 4.79 Å². The molecule has 0 aliphatic heterocycles. The highest BCUT2D eigenvalue weighted by molar-refractivity contribution is 8.00. The summed E-state index contributed by atoms with van der Waals surface area (Å²) >= 11 is 1.47. The summed E-state index contributed by atoms with van der Waals surface area (Å²) < 4.78 is 13.5. The van der Waals surface area contributed by atoms with E-state index in [-0.39, 0.29) is 11.7 Å². The molecule has 0 heterocycles. The SMILES string of the molecule is Cc1ccc(F)cc1NC(=O)C(Sc1ccccc1)c1ccccc1. The van der Waals surface area contributed by atoms with E-state index in [1.807, 2.05) is 67.6 Å². The topological polar surface area (TPSA) is 29.1 Å². The Balaban J connectivity index is 1.88. The van der Waals surface area contributed by atoms with Gasteiger partial charge in [0.1, 0.15) is 11.1 Å². The minimum Gasteiger partial charge on any atom is -0.324 e. The smallest absolute Gasteiger partial charge is 0.242 e. The van der Waals surface area contributed by atoms with Crippen LogP contribution in [0.4, 0.5) is 10.1 Å². The van der Waals surface area contributed by atoms with Crippen LogP contribution in [-0.4, -0.2) is 5.91 Å². The van der Waals surface area contributed by atoms with Crippen LogP contribution in [0, 0.1) is 12.7 Å². The highest BCUT2D eigenvalue weighted by Gasteiger charge is 2.22. The van der Waals surface area contributed by atoms with Gasteiger partial charge in [0.25, 0.3) is 0 Å². The molecule has 1 N–H and O–H groups in total. The average molecular weight is 351 g/mol. The van der Waals surface area contributed by atoms with E-state index in [0.29, 0.717) is 5.69 Å². The fourth-order valence-corrected chi connectivity index (χ4v) is 3.51. The van der Waals surface area contributed by atoms with Gasteiger partial charge in [0.2, 0.25) is 5.91 Å². The van der Waals surface area contributed by atoms with Gasteiger partial charge in [0.05, 0.1) is 0 Å². The zero-order valence-electron chi connectivity index (χ0n) is 13.8. The minimum absolute atomic E-state index is 0.172. The van der Waals surface area contributed by atoms with Crippen molar-refractivity contribution in [1.82, 2.24) is 0 Å². The molecule has 1 amide bonds. The van der Waals surface area contributed by atoms with Crippen LogP contribution in [0.3, 0.4) is 0 Å². The van der Waals surface area contributed by atoms with Gasteiger partial charge < -0.3 is 5.32 Å². The van der Waals surface area contributed by atoms with E-state index in [0.717, 1.165) is 16.0 Å². The number of nitrogens with one attached hydrogen (secondary N) is 1. The summed E-state index contributed by atoms with van der Waals surface area (Å²) in [6.07, 6.45) is 0. The average Bonchev–Trinajstić information content (AvgIpc) is 2.64. The lowest BCUT2D eigenvalue weighted by Crippen LogP contribution is -2.19. The molecular weight excluding hydrogens is 333 g/mol. The van der Waals surface area contributed by atoms with Gasteiger partial charge in [-0.05, 0) is 42.3 Å². The highest BCUT2D eigenvalue weighted by Crippen LogP contribution is 2.36. The van der Waals surface area contributed by atoms with Gasteiger partial charge in [0.15, 0.2) is 0 Å². The molecule has 0 saturated heterocycles. The maximum absolute atomic E-state index is 13.5. The molecule has 2 nitrogen and oxygen atoms in total. The molecule has 126 valence electrons. The van der Waals surface area contributed by atoms with Crippen molar-refractivity contribution in [2.45, 2.75) is 17.1 Å². The van der Waals surface area contributed by atoms with Crippen molar-refractivity contribution in [2.75, 3.05) is 5.32 Å². The lowest BCUT2D eigenvalue weighted by molar-refractivity contribution is -0.115. The van der Waals surface area contributed by atoms with Crippen LogP contribution in [0.2, 0.25) is 0 Å². The molecule has 0 radical (unpaired) electrons. The fourth-order valence-electron chi connectivity index (χ4n) is 2.46. The molecule has 3 rings (SSSR count). The second kappa shape index (κ2) is 7.99. The molecule has 0 aromatic heterocycles. The van der Waals surface area contributed by atoms with Crippen LogP contribution in [0.5, 0.6) is 0 Å². The number of thioether (sulfide) groups is 1. The van der Waals surface area contributed by atoms with E-state index >= 15 is 0 Å². The first-order chi connectivity index (χ1) is 12.1. The number of carbonyl (C=O) groups is 1. The normalized spacial score (nSPS) is 11.8. The summed E-state index contributed by atoms with van der Waals surface area (Å²) in [5, 5.41) is 2.45. The molecule has 0 spiro atoms. The molecule has 1 atom stereocenters. The quantitative estimate of drug-likeness (QED) is 0.606. The summed E-state index contributed by atoms with van der Waals surface area (Å²) in [6, 6.07) is 23.8. The Hall–Kier alpha value is -2.59. The number of amides is 1. The first-order valence-electron chi connectivity index (χ1n) is 7.97. The van der Waals surface area contributed by atoms with E-state index < -0.39 is 5.25 Å². The van der Waals surface area contributed by atoms with Crippen molar-refractivity contribution in [3.05, 3.63) is 95.8 Å². The zero-order chi connectivity index (χ0) is 17.6. The monoisotopic (exact) mass is 351 g/mol. The lowest BCUT2D eigenvalue weighted by atomic mass is 10.1. The van der Waals surface area contributed by atoms with Crippen LogP contribution >= 0.6 is 11.8 Å². The maximum atomic E-state index is 13.5. The number of hydrogen-bond donors (Lipinski definition) is 1. The number of rotatable bonds is 5. The molecule has 3 aromatic carbocycles. The Morgan fingerprint density at radius 1 is 0.960 bits per heavy atom. The van der Waals surface area contributed by atoms with E-state index in [4.69, 9.17) is 0 Å². The van der Waals surface area contributed by atoms with Gasteiger partial charge in [-0.1, -0.05) is 54.6 Å². The highest BCUT2D eigenvalue weighted by atomic mass is 32.2. The third-order valence-electron chi connectivity index (χ3n) is 3.80. The number of benzene rings is 3. The van der Waals surface area contributed by atoms with E-state index in [1.54, 1.807) is 6.07 Å². The third kappa shape index (κ3) is 4.48. The molecule has 0 saturated carbocycles. The van der Waals surface area contributed by atoms with Crippen molar-refractivity contribution in [3.8, 4) is 0 Å². The summed E-state index contributed by atoms with van der Waals surface area (Å²) in [7, 11) is 0. The molecule has 0 aliphatic rings. The van der Waals surface area contributed by atoms with Crippen LogP contribution in [0.25, 0.3) is 0 Å². The van der Waals surface area contributed by atoms with Crippen molar-refractivity contribution in [3.63, 3.8) is 0 Å². The van der Waals surface area contributed by atoms with Gasteiger partial charge >= 0.3 is 0 Å². The van der Waals surface area contributed by atoms with Gasteiger partial charge in [-0.15, -0.1) is 11.8 Å². The van der Waals surface area contributed by atoms with Crippen LogP contribution < -0.4 is 5.32 Å². The van der Waals surface area contributed by atoms with Crippen LogP contribution in [0.1, 0.15) is 16.4 Å². The van der Waals surface area contributed by atoms with E-state index in [1.165, 1.54) is 23.9 Å². The second-order valence-electron chi connectivity index (χ2n) is 5.67. The first-order valence-corrected chi connectivity index (χ1v) is 8.85. The zero-order valence-corrected chi connectivity index (χ0v) is 14.6. The summed E-state index contributed by atoms with van der Waals surface area (Å²) in [5.74, 6) is -0.540. The molecule has 25 heavy (non-hydrogen) atoms. The Bertz CT molecular complexity index is 852. The molecule has 0 bridgehead atoms. The number of aryl methyl sites for hydroxylation is 1. The Labute approximate surface area is 151 Å². The second-order valence-corrected chi connectivity index (χ2v) is 6.85. The summed E-state index contributed by atoms with van der Waals surface area (Å²) in [6.45, 7) is 1.84. The Morgan fingerprint density at radius 3 is 2.28 bits per heavy atom. The van der Waals surface area contributed by atoms with Gasteiger partial charge in [-0.3, -0.25) is 4.79 Å². The maximum Gasteiger partial charge on any atom is 0.242 e. The van der Waals surface area contributed by atoms with Crippen molar-refractivity contribution in [1.29, 1.82) is 0 Å². The molecule has 3 aromatic rings. The summed E-state index contributed by atoms with van der Waals surface area (Å²) in [5.41, 5.74) is 2.23. The Kier molecular flexibility index (Phi) is 5.51. The number of hydrogen-bond acceptors (Lipinski definition) is 2. The summed E-state index contributed by atoms with van der Waals surface area (Å²) in [4.78, 5) is 13.9. The lowest BCUT2D eigenvalue weighted by Gasteiger charge is -2.18. The Morgan fingerprint density at radius 2 is 1.60 bits per heavy atom. The predicted octanol–water partition coefficient (Wildman–Crippen LogP) is 5.61. The predicted molar refractivity (Wildman–Crippen MR) is 101 cm³/mol. The molecule has 4 heteroatoms. The standard InChI is InChI=1S/C21H18FNOS/c1-15-12-13-17(22)14-19(15)23-21(24)20(16-8-4-2-5-9-16)25-18-10-6-3-7-11-18/h2-14,20H,1H3,(H,23,24). The van der Waals surface area contributed by atoms with Crippen molar-refractivity contribution in [2.24, 2.45) is 0 Å².